The third kappa shape index (κ3) is 4.55. The van der Waals surface area contributed by atoms with Crippen LogP contribution in [0, 0.1) is 11.7 Å². The minimum absolute atomic E-state index is 0.123. The summed E-state index contributed by atoms with van der Waals surface area (Å²) in [5.41, 5.74) is -0.123. The quantitative estimate of drug-likeness (QED) is 0.659. The molecule has 0 aromatic heterocycles. The molecule has 0 fully saturated rings. The number of hydrogen-bond acceptors (Lipinski definition) is 3. The van der Waals surface area contributed by atoms with Gasteiger partial charge in [0, 0.05) is 5.02 Å². The topological polar surface area (TPSA) is 55.4 Å². The van der Waals surface area contributed by atoms with Crippen LogP contribution in [-0.2, 0) is 4.79 Å². The third-order valence-electron chi connectivity index (χ3n) is 3.36. The Morgan fingerprint density at radius 1 is 1.08 bits per heavy atom. The second-order valence-electron chi connectivity index (χ2n) is 5.55. The molecule has 0 aliphatic heterocycles. The summed E-state index contributed by atoms with van der Waals surface area (Å²) < 4.78 is 18.9. The maximum atomic E-state index is 13.7. The predicted octanol–water partition coefficient (Wildman–Crippen LogP) is 3.84. The van der Waals surface area contributed by atoms with Crippen LogP contribution in [0.3, 0.4) is 0 Å². The Labute approximate surface area is 144 Å². The van der Waals surface area contributed by atoms with Gasteiger partial charge in [0.25, 0.3) is 5.91 Å². The average molecular weight is 350 g/mol. The molecule has 126 valence electrons. The lowest BCUT2D eigenvalue weighted by Crippen LogP contribution is -2.46. The summed E-state index contributed by atoms with van der Waals surface area (Å²) in [5.74, 6) is -1.86. The number of carbonyl (C=O) groups is 2. The fourth-order valence-corrected chi connectivity index (χ4v) is 2.17. The number of hydrogen-bond donors (Lipinski definition) is 1. The summed E-state index contributed by atoms with van der Waals surface area (Å²) in [6.07, 6.45) is 0. The van der Waals surface area contributed by atoms with Crippen molar-refractivity contribution in [3.05, 3.63) is 64.9 Å². The highest BCUT2D eigenvalue weighted by Crippen LogP contribution is 2.17. The minimum atomic E-state index is -0.909. The van der Waals surface area contributed by atoms with Crippen molar-refractivity contribution in [3.63, 3.8) is 0 Å². The first-order valence-corrected chi connectivity index (χ1v) is 7.79. The van der Waals surface area contributed by atoms with E-state index in [1.807, 2.05) is 0 Å². The van der Waals surface area contributed by atoms with Gasteiger partial charge in [0.05, 0.1) is 5.56 Å². The van der Waals surface area contributed by atoms with Gasteiger partial charge in [0.1, 0.15) is 17.6 Å². The van der Waals surface area contributed by atoms with E-state index in [0.29, 0.717) is 10.8 Å². The highest BCUT2D eigenvalue weighted by atomic mass is 35.5. The molecule has 0 spiro atoms. The number of carbonyl (C=O) groups excluding carboxylic acids is 2. The van der Waals surface area contributed by atoms with Crippen LogP contribution < -0.4 is 10.1 Å². The van der Waals surface area contributed by atoms with Crippen molar-refractivity contribution in [3.8, 4) is 5.75 Å². The van der Waals surface area contributed by atoms with Gasteiger partial charge >= 0.3 is 5.97 Å². The monoisotopic (exact) mass is 349 g/mol. The van der Waals surface area contributed by atoms with Gasteiger partial charge in [-0.15, -0.1) is 0 Å². The van der Waals surface area contributed by atoms with E-state index in [0.717, 1.165) is 0 Å². The molecule has 0 saturated carbocycles. The molecule has 0 heterocycles. The molecule has 2 rings (SSSR count). The van der Waals surface area contributed by atoms with Gasteiger partial charge in [-0.25, -0.2) is 9.18 Å². The molecule has 0 unspecified atom stereocenters. The van der Waals surface area contributed by atoms with Gasteiger partial charge in [-0.1, -0.05) is 37.6 Å². The molecule has 4 nitrogen and oxygen atoms in total. The van der Waals surface area contributed by atoms with Crippen molar-refractivity contribution < 1.29 is 18.7 Å². The Morgan fingerprint density at radius 2 is 1.71 bits per heavy atom. The summed E-state index contributed by atoms with van der Waals surface area (Å²) in [4.78, 5) is 24.5. The number of benzene rings is 2. The standard InChI is InChI=1S/C18H17ClFNO3/c1-11(2)16(18(23)24-13-9-7-12(19)8-10-13)21-17(22)14-5-3-4-6-15(14)20/h3-11,16H,1-2H3,(H,21,22)/t16-/m0/s1. The van der Waals surface area contributed by atoms with Crippen LogP contribution in [-0.4, -0.2) is 17.9 Å². The van der Waals surface area contributed by atoms with E-state index >= 15 is 0 Å². The lowest BCUT2D eigenvalue weighted by molar-refractivity contribution is -0.137. The molecule has 0 aliphatic carbocycles. The fraction of sp³-hybridized carbons (Fsp3) is 0.222. The van der Waals surface area contributed by atoms with E-state index in [1.165, 1.54) is 18.2 Å². The maximum absolute atomic E-state index is 13.7. The molecule has 24 heavy (non-hydrogen) atoms. The summed E-state index contributed by atoms with van der Waals surface area (Å²) in [5, 5.41) is 3.04. The van der Waals surface area contributed by atoms with E-state index in [1.54, 1.807) is 44.2 Å². The van der Waals surface area contributed by atoms with Crippen molar-refractivity contribution in [1.82, 2.24) is 5.32 Å². The van der Waals surface area contributed by atoms with Crippen LogP contribution in [0.25, 0.3) is 0 Å². The van der Waals surface area contributed by atoms with Crippen LogP contribution in [0.1, 0.15) is 24.2 Å². The molecule has 2 aromatic rings. The molecule has 0 aliphatic rings. The SMILES string of the molecule is CC(C)[C@H](NC(=O)c1ccccc1F)C(=O)Oc1ccc(Cl)cc1. The molecule has 2 aromatic carbocycles. The lowest BCUT2D eigenvalue weighted by Gasteiger charge is -2.21. The van der Waals surface area contributed by atoms with Crippen molar-refractivity contribution in [1.29, 1.82) is 0 Å². The van der Waals surface area contributed by atoms with Crippen LogP contribution in [0.5, 0.6) is 5.75 Å². The van der Waals surface area contributed by atoms with Crippen LogP contribution in [0.15, 0.2) is 48.5 Å². The number of amides is 1. The molecule has 1 atom stereocenters. The van der Waals surface area contributed by atoms with E-state index in [4.69, 9.17) is 16.3 Å². The minimum Gasteiger partial charge on any atom is -0.425 e. The smallest absolute Gasteiger partial charge is 0.334 e. The Morgan fingerprint density at radius 3 is 2.29 bits per heavy atom. The van der Waals surface area contributed by atoms with E-state index in [-0.39, 0.29) is 11.5 Å². The molecule has 6 heteroatoms. The largest absolute Gasteiger partial charge is 0.425 e. The number of halogens is 2. The maximum Gasteiger partial charge on any atom is 0.334 e. The van der Waals surface area contributed by atoms with Gasteiger partial charge < -0.3 is 10.1 Å². The Kier molecular flexibility index (Phi) is 5.93. The summed E-state index contributed by atoms with van der Waals surface area (Å²) in [6, 6.07) is 11.0. The Hall–Kier alpha value is -2.40. The number of rotatable bonds is 5. The van der Waals surface area contributed by atoms with Crippen LogP contribution in [0.4, 0.5) is 4.39 Å². The first-order valence-electron chi connectivity index (χ1n) is 7.41. The van der Waals surface area contributed by atoms with Gasteiger partial charge in [0.15, 0.2) is 0 Å². The highest BCUT2D eigenvalue weighted by Gasteiger charge is 2.27. The van der Waals surface area contributed by atoms with Crippen LogP contribution >= 0.6 is 11.6 Å². The third-order valence-corrected chi connectivity index (χ3v) is 3.61. The highest BCUT2D eigenvalue weighted by molar-refractivity contribution is 6.30. The summed E-state index contributed by atoms with van der Waals surface area (Å²) in [7, 11) is 0. The van der Waals surface area contributed by atoms with Gasteiger partial charge in [-0.3, -0.25) is 4.79 Å². The summed E-state index contributed by atoms with van der Waals surface area (Å²) >= 11 is 5.78. The molecule has 0 saturated heterocycles. The number of esters is 1. The first-order chi connectivity index (χ1) is 11.4. The van der Waals surface area contributed by atoms with Crippen molar-refractivity contribution in [2.45, 2.75) is 19.9 Å². The zero-order valence-corrected chi connectivity index (χ0v) is 14.0. The zero-order chi connectivity index (χ0) is 17.7. The van der Waals surface area contributed by atoms with E-state index in [9.17, 15) is 14.0 Å². The van der Waals surface area contributed by atoms with Crippen molar-refractivity contribution >= 4 is 23.5 Å². The first kappa shape index (κ1) is 17.9. The van der Waals surface area contributed by atoms with Crippen molar-refractivity contribution in [2.75, 3.05) is 0 Å². The fourth-order valence-electron chi connectivity index (χ4n) is 2.04. The van der Waals surface area contributed by atoms with E-state index < -0.39 is 23.7 Å². The predicted molar refractivity (Wildman–Crippen MR) is 89.6 cm³/mol. The Balaban J connectivity index is 2.11. The van der Waals surface area contributed by atoms with E-state index in [2.05, 4.69) is 5.32 Å². The molecular formula is C18H17ClFNO3. The normalized spacial score (nSPS) is 11.9. The number of nitrogens with one attached hydrogen (secondary N) is 1. The van der Waals surface area contributed by atoms with Crippen LogP contribution in [0.2, 0.25) is 5.02 Å². The lowest BCUT2D eigenvalue weighted by atomic mass is 10.0. The zero-order valence-electron chi connectivity index (χ0n) is 13.3. The van der Waals surface area contributed by atoms with Crippen molar-refractivity contribution in [2.24, 2.45) is 5.92 Å². The second kappa shape index (κ2) is 7.93. The van der Waals surface area contributed by atoms with Gasteiger partial charge in [-0.05, 0) is 42.3 Å². The molecule has 0 radical (unpaired) electrons. The average Bonchev–Trinajstić information content (AvgIpc) is 2.54. The van der Waals surface area contributed by atoms with Gasteiger partial charge in [-0.2, -0.15) is 0 Å². The molecule has 1 amide bonds. The molecule has 1 N–H and O–H groups in total. The van der Waals surface area contributed by atoms with Gasteiger partial charge in [0.2, 0.25) is 0 Å². The second-order valence-corrected chi connectivity index (χ2v) is 5.99. The molecule has 0 bridgehead atoms. The Bertz CT molecular complexity index is 731. The molecular weight excluding hydrogens is 333 g/mol. The number of ether oxygens (including phenoxy) is 1. The summed E-state index contributed by atoms with van der Waals surface area (Å²) in [6.45, 7) is 3.52.